The minimum absolute atomic E-state index is 0.0294. The van der Waals surface area contributed by atoms with Gasteiger partial charge in [-0.25, -0.2) is 4.79 Å². The van der Waals surface area contributed by atoms with Crippen molar-refractivity contribution in [1.29, 1.82) is 0 Å². The molecule has 0 spiro atoms. The summed E-state index contributed by atoms with van der Waals surface area (Å²) >= 11 is 0. The van der Waals surface area contributed by atoms with Crippen LogP contribution in [0.2, 0.25) is 0 Å². The molecular formula is C27H28N2O3. The minimum Gasteiger partial charge on any atom is -0.466 e. The quantitative estimate of drug-likeness (QED) is 0.314. The highest BCUT2D eigenvalue weighted by atomic mass is 16.5. The molecule has 3 rings (SSSR count). The molecule has 0 aromatic heterocycles. The van der Waals surface area contributed by atoms with Gasteiger partial charge in [0, 0.05) is 23.4 Å². The van der Waals surface area contributed by atoms with Crippen LogP contribution in [-0.2, 0) is 20.9 Å². The first-order chi connectivity index (χ1) is 15.4. The smallest absolute Gasteiger partial charge is 0.330 e. The van der Waals surface area contributed by atoms with E-state index in [1.54, 1.807) is 11.0 Å². The largest absolute Gasteiger partial charge is 0.466 e. The highest BCUT2D eigenvalue weighted by Gasteiger charge is 2.19. The molecule has 0 aliphatic rings. The lowest BCUT2D eigenvalue weighted by Gasteiger charge is -2.25. The first-order valence-corrected chi connectivity index (χ1v) is 10.5. The van der Waals surface area contributed by atoms with E-state index in [4.69, 9.17) is 5.73 Å². The molecule has 0 bridgehead atoms. The number of rotatable bonds is 7. The van der Waals surface area contributed by atoms with Gasteiger partial charge >= 0.3 is 5.97 Å². The number of nitrogens with two attached hydrogens (primary N) is 1. The van der Waals surface area contributed by atoms with Crippen LogP contribution < -0.4 is 10.6 Å². The Labute approximate surface area is 189 Å². The number of carbonyl (C=O) groups is 2. The maximum Gasteiger partial charge on any atom is 0.330 e. The highest BCUT2D eigenvalue weighted by Crippen LogP contribution is 2.25. The average molecular weight is 429 g/mol. The number of nitrogen functional groups attached to an aromatic ring is 1. The van der Waals surface area contributed by atoms with Gasteiger partial charge in [0.1, 0.15) is 0 Å². The lowest BCUT2D eigenvalue weighted by atomic mass is 10.0. The van der Waals surface area contributed by atoms with E-state index in [0.29, 0.717) is 6.54 Å². The summed E-state index contributed by atoms with van der Waals surface area (Å²) in [6.07, 6.45) is 3.04. The van der Waals surface area contributed by atoms with Crippen molar-refractivity contribution < 1.29 is 14.3 Å². The van der Waals surface area contributed by atoms with Crippen molar-refractivity contribution in [1.82, 2.24) is 0 Å². The van der Waals surface area contributed by atoms with Gasteiger partial charge in [0.15, 0.2) is 0 Å². The van der Waals surface area contributed by atoms with Crippen LogP contribution in [0.1, 0.15) is 25.0 Å². The maximum absolute atomic E-state index is 13.0. The van der Waals surface area contributed by atoms with E-state index < -0.39 is 5.97 Å². The topological polar surface area (TPSA) is 72.6 Å². The summed E-state index contributed by atoms with van der Waals surface area (Å²) in [4.78, 5) is 26.2. The predicted molar refractivity (Wildman–Crippen MR) is 130 cm³/mol. The van der Waals surface area contributed by atoms with Gasteiger partial charge in [0.05, 0.1) is 13.7 Å². The number of carbonyl (C=O) groups excluding carboxylic acids is 2. The van der Waals surface area contributed by atoms with Gasteiger partial charge < -0.3 is 15.4 Å². The van der Waals surface area contributed by atoms with Crippen molar-refractivity contribution in [3.8, 4) is 11.1 Å². The molecule has 0 heterocycles. The number of hydrogen-bond acceptors (Lipinski definition) is 4. The molecule has 32 heavy (non-hydrogen) atoms. The number of anilines is 2. The van der Waals surface area contributed by atoms with Crippen LogP contribution in [0, 0.1) is 5.92 Å². The third-order valence-electron chi connectivity index (χ3n) is 5.09. The standard InChI is InChI=1S/C27H28N2O3/c1-19(2)27(31)29(25-6-4-5-20(17-25)9-16-26(30)32-3)18-21-7-10-22(11-8-21)23-12-14-24(28)15-13-23/h4-17,19H,18,28H2,1-3H3/b16-9+. The van der Waals surface area contributed by atoms with E-state index in [9.17, 15) is 9.59 Å². The fourth-order valence-corrected chi connectivity index (χ4v) is 3.30. The molecule has 0 aliphatic carbocycles. The molecule has 0 saturated carbocycles. The number of nitrogens with zero attached hydrogens (tertiary/aromatic N) is 1. The Morgan fingerprint density at radius 2 is 1.59 bits per heavy atom. The van der Waals surface area contributed by atoms with Crippen molar-refractivity contribution in [2.45, 2.75) is 20.4 Å². The van der Waals surface area contributed by atoms with E-state index >= 15 is 0 Å². The lowest BCUT2D eigenvalue weighted by Crippen LogP contribution is -2.33. The van der Waals surface area contributed by atoms with Crippen LogP contribution in [0.15, 0.2) is 78.9 Å². The van der Waals surface area contributed by atoms with Crippen molar-refractivity contribution >= 4 is 29.3 Å². The first-order valence-electron chi connectivity index (χ1n) is 10.5. The zero-order chi connectivity index (χ0) is 23.1. The summed E-state index contributed by atoms with van der Waals surface area (Å²) in [7, 11) is 1.34. The van der Waals surface area contributed by atoms with Crippen LogP contribution in [0.3, 0.4) is 0 Å². The van der Waals surface area contributed by atoms with Gasteiger partial charge in [-0.05, 0) is 52.6 Å². The number of hydrogen-bond donors (Lipinski definition) is 1. The van der Waals surface area contributed by atoms with Crippen molar-refractivity contribution in [3.63, 3.8) is 0 Å². The summed E-state index contributed by atoms with van der Waals surface area (Å²) in [6.45, 7) is 4.23. The third kappa shape index (κ3) is 5.85. The summed E-state index contributed by atoms with van der Waals surface area (Å²) in [5.74, 6) is -0.549. The number of ether oxygens (including phenoxy) is 1. The average Bonchev–Trinajstić information content (AvgIpc) is 2.81. The third-order valence-corrected chi connectivity index (χ3v) is 5.09. The second-order valence-electron chi connectivity index (χ2n) is 7.85. The van der Waals surface area contributed by atoms with Crippen molar-refractivity contribution in [3.05, 3.63) is 90.0 Å². The Morgan fingerprint density at radius 3 is 2.19 bits per heavy atom. The summed E-state index contributed by atoms with van der Waals surface area (Å²) in [5.41, 5.74) is 11.3. The molecule has 164 valence electrons. The second-order valence-corrected chi connectivity index (χ2v) is 7.85. The Kier molecular flexibility index (Phi) is 7.45. The molecule has 0 atom stereocenters. The van der Waals surface area contributed by atoms with Gasteiger partial charge in [-0.1, -0.05) is 62.4 Å². The fourth-order valence-electron chi connectivity index (χ4n) is 3.30. The second kappa shape index (κ2) is 10.4. The molecule has 5 nitrogen and oxygen atoms in total. The van der Waals surface area contributed by atoms with Gasteiger partial charge in [-0.2, -0.15) is 0 Å². The summed E-state index contributed by atoms with van der Waals surface area (Å²) in [5, 5.41) is 0. The van der Waals surface area contributed by atoms with E-state index in [2.05, 4.69) is 16.9 Å². The lowest BCUT2D eigenvalue weighted by molar-refractivity contribution is -0.134. The van der Waals surface area contributed by atoms with E-state index in [-0.39, 0.29) is 11.8 Å². The van der Waals surface area contributed by atoms with Crippen LogP contribution in [0.25, 0.3) is 17.2 Å². The molecule has 5 heteroatoms. The van der Waals surface area contributed by atoms with Gasteiger partial charge in [-0.3, -0.25) is 4.79 Å². The molecule has 3 aromatic rings. The molecule has 0 fully saturated rings. The zero-order valence-electron chi connectivity index (χ0n) is 18.6. The Morgan fingerprint density at radius 1 is 0.969 bits per heavy atom. The fraction of sp³-hybridized carbons (Fsp3) is 0.185. The number of esters is 1. The van der Waals surface area contributed by atoms with E-state index in [1.165, 1.54) is 13.2 Å². The molecule has 3 aromatic carbocycles. The Hall–Kier alpha value is -3.86. The normalized spacial score (nSPS) is 11.0. The molecule has 1 amide bonds. The van der Waals surface area contributed by atoms with Gasteiger partial charge in [-0.15, -0.1) is 0 Å². The Balaban J connectivity index is 1.85. The van der Waals surface area contributed by atoms with Crippen LogP contribution in [0.5, 0.6) is 0 Å². The zero-order valence-corrected chi connectivity index (χ0v) is 18.6. The molecule has 0 radical (unpaired) electrons. The van der Waals surface area contributed by atoms with Crippen molar-refractivity contribution in [2.24, 2.45) is 5.92 Å². The minimum atomic E-state index is -0.424. The number of methoxy groups -OCH3 is 1. The van der Waals surface area contributed by atoms with Gasteiger partial charge in [0.2, 0.25) is 5.91 Å². The predicted octanol–water partition coefficient (Wildman–Crippen LogP) is 5.31. The Bertz CT molecular complexity index is 1100. The first kappa shape index (κ1) is 22.8. The maximum atomic E-state index is 13.0. The van der Waals surface area contributed by atoms with Crippen LogP contribution in [-0.4, -0.2) is 19.0 Å². The SMILES string of the molecule is COC(=O)/C=C/c1cccc(N(Cc2ccc(-c3ccc(N)cc3)cc2)C(=O)C(C)C)c1. The molecular weight excluding hydrogens is 400 g/mol. The van der Waals surface area contributed by atoms with Crippen molar-refractivity contribution in [2.75, 3.05) is 17.7 Å². The van der Waals surface area contributed by atoms with Crippen LogP contribution in [0.4, 0.5) is 11.4 Å². The number of benzene rings is 3. The van der Waals surface area contributed by atoms with Gasteiger partial charge in [0.25, 0.3) is 0 Å². The molecule has 0 unspecified atom stereocenters. The monoisotopic (exact) mass is 428 g/mol. The van der Waals surface area contributed by atoms with E-state index in [0.717, 1.165) is 33.6 Å². The summed E-state index contributed by atoms with van der Waals surface area (Å²) < 4.78 is 4.65. The molecule has 2 N–H and O–H groups in total. The summed E-state index contributed by atoms with van der Waals surface area (Å²) in [6, 6.07) is 23.5. The molecule has 0 saturated heterocycles. The van der Waals surface area contributed by atoms with Crippen LogP contribution >= 0.6 is 0 Å². The highest BCUT2D eigenvalue weighted by molar-refractivity contribution is 5.95. The van der Waals surface area contributed by atoms with E-state index in [1.807, 2.05) is 74.5 Å². The number of amides is 1. The molecule has 0 aliphatic heterocycles.